The van der Waals surface area contributed by atoms with Crippen molar-refractivity contribution in [1.82, 2.24) is 10.2 Å². The van der Waals surface area contributed by atoms with Gasteiger partial charge in [-0.1, -0.05) is 35.3 Å². The van der Waals surface area contributed by atoms with Gasteiger partial charge in [-0.25, -0.2) is 0 Å². The van der Waals surface area contributed by atoms with Gasteiger partial charge in [0.25, 0.3) is 5.91 Å². The zero-order valence-corrected chi connectivity index (χ0v) is 20.9. The second-order valence-electron chi connectivity index (χ2n) is 9.04. The topological polar surface area (TPSA) is 41.6 Å². The lowest BCUT2D eigenvalue weighted by Gasteiger charge is -2.30. The number of carbonyl (C=O) groups is 1. The third-order valence-corrected chi connectivity index (χ3v) is 6.96. The van der Waals surface area contributed by atoms with Gasteiger partial charge in [-0.3, -0.25) is 4.79 Å². The van der Waals surface area contributed by atoms with Crippen molar-refractivity contribution in [1.29, 1.82) is 0 Å². The number of likely N-dealkylation sites (tertiary alicyclic amines) is 1. The van der Waals surface area contributed by atoms with Crippen LogP contribution in [-0.4, -0.2) is 49.8 Å². The lowest BCUT2D eigenvalue weighted by Crippen LogP contribution is -2.41. The van der Waals surface area contributed by atoms with Crippen LogP contribution in [0, 0.1) is 6.92 Å². The minimum Gasteiger partial charge on any atom is -0.352 e. The number of alkyl halides is 3. The van der Waals surface area contributed by atoms with Crippen molar-refractivity contribution in [3.8, 4) is 0 Å². The van der Waals surface area contributed by atoms with E-state index in [1.165, 1.54) is 31.0 Å². The molecule has 1 atom stereocenters. The highest BCUT2D eigenvalue weighted by atomic mass is 35.5. The largest absolute Gasteiger partial charge is 0.425 e. The number of nitrogens with one attached hydrogen (secondary N) is 1. The SMILES string of the molecule is Cc1cc(C2=CC(c3cc(Cl)cc(Cl)c3)(C(F)(F)F)OC2)ccc1C(=O)NCCCN1CCCC1. The van der Waals surface area contributed by atoms with Crippen molar-refractivity contribution in [2.45, 2.75) is 38.0 Å². The van der Waals surface area contributed by atoms with Crippen molar-refractivity contribution < 1.29 is 22.7 Å². The summed E-state index contributed by atoms with van der Waals surface area (Å²) in [4.78, 5) is 15.0. The van der Waals surface area contributed by atoms with E-state index in [1.54, 1.807) is 25.1 Å². The van der Waals surface area contributed by atoms with Gasteiger partial charge in [-0.15, -0.1) is 0 Å². The Balaban J connectivity index is 1.50. The Morgan fingerprint density at radius 1 is 1.11 bits per heavy atom. The summed E-state index contributed by atoms with van der Waals surface area (Å²) >= 11 is 11.9. The Morgan fingerprint density at radius 3 is 2.43 bits per heavy atom. The molecule has 2 aromatic carbocycles. The molecule has 1 unspecified atom stereocenters. The fourth-order valence-corrected chi connectivity index (χ4v) is 5.20. The van der Waals surface area contributed by atoms with Gasteiger partial charge >= 0.3 is 6.18 Å². The van der Waals surface area contributed by atoms with Crippen molar-refractivity contribution in [2.75, 3.05) is 32.8 Å². The molecule has 4 nitrogen and oxygen atoms in total. The number of carbonyl (C=O) groups excluding carboxylic acids is 1. The summed E-state index contributed by atoms with van der Waals surface area (Å²) in [7, 11) is 0. The highest BCUT2D eigenvalue weighted by Gasteiger charge is 2.58. The molecule has 0 spiro atoms. The van der Waals surface area contributed by atoms with E-state index in [4.69, 9.17) is 27.9 Å². The van der Waals surface area contributed by atoms with Crippen LogP contribution in [0.5, 0.6) is 0 Å². The van der Waals surface area contributed by atoms with Crippen LogP contribution in [0.1, 0.15) is 46.3 Å². The molecule has 1 N–H and O–H groups in total. The molecule has 1 saturated heterocycles. The number of rotatable bonds is 7. The number of hydrogen-bond acceptors (Lipinski definition) is 3. The maximum absolute atomic E-state index is 14.2. The molecule has 0 aromatic heterocycles. The Labute approximate surface area is 213 Å². The van der Waals surface area contributed by atoms with Crippen LogP contribution in [0.25, 0.3) is 5.57 Å². The number of hydrogen-bond donors (Lipinski definition) is 1. The number of nitrogens with zero attached hydrogens (tertiary/aromatic N) is 1. The molecule has 1 fully saturated rings. The minimum atomic E-state index is -4.73. The highest BCUT2D eigenvalue weighted by Crippen LogP contribution is 2.49. The summed E-state index contributed by atoms with van der Waals surface area (Å²) in [6.07, 6.45) is -0.318. The van der Waals surface area contributed by atoms with E-state index in [0.717, 1.165) is 32.1 Å². The summed E-state index contributed by atoms with van der Waals surface area (Å²) in [5.41, 5.74) is -0.727. The predicted molar refractivity (Wildman–Crippen MR) is 132 cm³/mol. The van der Waals surface area contributed by atoms with Gasteiger partial charge in [0, 0.05) is 22.2 Å². The van der Waals surface area contributed by atoms with Crippen molar-refractivity contribution in [2.24, 2.45) is 0 Å². The number of amides is 1. The summed E-state index contributed by atoms with van der Waals surface area (Å²) in [6, 6.07) is 8.80. The molecule has 0 aliphatic carbocycles. The molecule has 4 rings (SSSR count). The Hall–Kier alpha value is -2.06. The zero-order valence-electron chi connectivity index (χ0n) is 19.4. The average molecular weight is 527 g/mol. The van der Waals surface area contributed by atoms with Crippen LogP contribution in [0.4, 0.5) is 13.2 Å². The molecular weight excluding hydrogens is 500 g/mol. The van der Waals surface area contributed by atoms with Crippen LogP contribution in [0.3, 0.4) is 0 Å². The van der Waals surface area contributed by atoms with Crippen molar-refractivity contribution >= 4 is 34.7 Å². The Morgan fingerprint density at radius 2 is 1.80 bits per heavy atom. The smallest absolute Gasteiger partial charge is 0.352 e. The molecule has 2 aliphatic heterocycles. The maximum Gasteiger partial charge on any atom is 0.425 e. The van der Waals surface area contributed by atoms with Gasteiger partial charge in [0.2, 0.25) is 5.60 Å². The number of halogens is 5. The fourth-order valence-electron chi connectivity index (χ4n) is 4.67. The van der Waals surface area contributed by atoms with Crippen LogP contribution in [0.2, 0.25) is 10.0 Å². The maximum atomic E-state index is 14.2. The molecule has 0 bridgehead atoms. The second-order valence-corrected chi connectivity index (χ2v) is 9.91. The summed E-state index contributed by atoms with van der Waals surface area (Å²) in [5, 5.41) is 3.12. The first-order valence-corrected chi connectivity index (χ1v) is 12.4. The standard InChI is InChI=1S/C26H27Cl2F3N2O2/c1-17-11-18(5-6-23(17)24(34)32-7-4-10-33-8-2-3-9-33)19-15-25(35-16-19,26(29,30)31)20-12-21(27)14-22(28)13-20/h5-6,11-15H,2-4,7-10,16H2,1H3,(H,32,34). The fraction of sp³-hybridized carbons (Fsp3) is 0.423. The number of aryl methyl sites for hydroxylation is 1. The van der Waals surface area contributed by atoms with Crippen molar-refractivity contribution in [3.63, 3.8) is 0 Å². The van der Waals surface area contributed by atoms with Crippen LogP contribution >= 0.6 is 23.2 Å². The van der Waals surface area contributed by atoms with Crippen molar-refractivity contribution in [3.05, 3.63) is 74.8 Å². The van der Waals surface area contributed by atoms with E-state index in [-0.39, 0.29) is 28.1 Å². The molecule has 0 saturated carbocycles. The molecule has 1 amide bonds. The van der Waals surface area contributed by atoms with E-state index < -0.39 is 11.8 Å². The molecule has 2 aromatic rings. The Bertz CT molecular complexity index is 1110. The highest BCUT2D eigenvalue weighted by molar-refractivity contribution is 6.34. The molecular formula is C26H27Cl2F3N2O2. The lowest BCUT2D eigenvalue weighted by atomic mass is 9.90. The first kappa shape index (κ1) is 26.0. The van der Waals surface area contributed by atoms with Gasteiger partial charge in [-0.2, -0.15) is 13.2 Å². The van der Waals surface area contributed by atoms with Crippen LogP contribution in [-0.2, 0) is 10.3 Å². The first-order valence-electron chi connectivity index (χ1n) is 11.6. The van der Waals surface area contributed by atoms with Gasteiger partial charge in [0.15, 0.2) is 0 Å². The van der Waals surface area contributed by atoms with E-state index >= 15 is 0 Å². The Kier molecular flexibility index (Phi) is 7.81. The molecule has 188 valence electrons. The van der Waals surface area contributed by atoms with Crippen LogP contribution in [0.15, 0.2) is 42.5 Å². The second kappa shape index (κ2) is 10.5. The summed E-state index contributed by atoms with van der Waals surface area (Å²) in [5.74, 6) is -0.190. The van der Waals surface area contributed by atoms with E-state index in [0.29, 0.717) is 28.8 Å². The third-order valence-electron chi connectivity index (χ3n) is 6.52. The molecule has 35 heavy (non-hydrogen) atoms. The number of benzene rings is 2. The average Bonchev–Trinajstić information content (AvgIpc) is 3.46. The molecule has 9 heteroatoms. The summed E-state index contributed by atoms with van der Waals surface area (Å²) < 4.78 is 48.1. The third kappa shape index (κ3) is 5.69. The predicted octanol–water partition coefficient (Wildman–Crippen LogP) is 6.39. The molecule has 2 heterocycles. The monoisotopic (exact) mass is 526 g/mol. The van der Waals surface area contributed by atoms with Gasteiger partial charge in [0.05, 0.1) is 6.61 Å². The van der Waals surface area contributed by atoms with E-state index in [1.807, 2.05) is 0 Å². The molecule has 0 radical (unpaired) electrons. The van der Waals surface area contributed by atoms with Gasteiger partial charge in [0.1, 0.15) is 0 Å². The lowest BCUT2D eigenvalue weighted by molar-refractivity contribution is -0.254. The van der Waals surface area contributed by atoms with Gasteiger partial charge < -0.3 is 15.0 Å². The first-order chi connectivity index (χ1) is 16.6. The zero-order chi connectivity index (χ0) is 25.2. The molecule has 2 aliphatic rings. The number of ether oxygens (including phenoxy) is 1. The van der Waals surface area contributed by atoms with E-state index in [9.17, 15) is 18.0 Å². The van der Waals surface area contributed by atoms with Crippen LogP contribution < -0.4 is 5.32 Å². The quantitative estimate of drug-likeness (QED) is 0.425. The van der Waals surface area contributed by atoms with E-state index in [2.05, 4.69) is 10.2 Å². The minimum absolute atomic E-state index is 0.0909. The normalized spacial score (nSPS) is 20.8. The van der Waals surface area contributed by atoms with Gasteiger partial charge in [-0.05, 0) is 98.4 Å². The summed E-state index contributed by atoms with van der Waals surface area (Å²) in [6.45, 7) is 5.30.